The van der Waals surface area contributed by atoms with Crippen molar-refractivity contribution in [3.63, 3.8) is 0 Å². The van der Waals surface area contributed by atoms with E-state index in [1.165, 1.54) is 25.4 Å². The van der Waals surface area contributed by atoms with E-state index in [1.807, 2.05) is 0 Å². The minimum Gasteiger partial charge on any atom is -0.383 e. The predicted octanol–water partition coefficient (Wildman–Crippen LogP) is 3.27. The maximum Gasteiger partial charge on any atom is 0.418 e. The summed E-state index contributed by atoms with van der Waals surface area (Å²) in [6, 6.07) is 3.33. The number of alkyl halides is 3. The van der Waals surface area contributed by atoms with Gasteiger partial charge in [0.25, 0.3) is 5.91 Å². The molecule has 0 atom stereocenters. The van der Waals surface area contributed by atoms with Crippen LogP contribution < -0.4 is 10.6 Å². The average molecular weight is 375 g/mol. The van der Waals surface area contributed by atoms with Crippen molar-refractivity contribution in [2.75, 3.05) is 25.6 Å². The standard InChI is InChI=1S/C15H14ClF3N4O2/c1-25-5-4-20-14(24)12-7-22-13(8-21-12)23-11-3-2-9(16)6-10(11)15(17,18)19/h2-3,6-8H,4-5H2,1H3,(H,20,24)(H,22,23). The molecule has 0 fully saturated rings. The fourth-order valence-corrected chi connectivity index (χ4v) is 2.04. The van der Waals surface area contributed by atoms with Gasteiger partial charge in [-0.25, -0.2) is 9.97 Å². The smallest absolute Gasteiger partial charge is 0.383 e. The van der Waals surface area contributed by atoms with Gasteiger partial charge in [0.15, 0.2) is 0 Å². The maximum atomic E-state index is 13.1. The number of rotatable bonds is 6. The molecule has 0 aliphatic carbocycles. The molecule has 1 amide bonds. The SMILES string of the molecule is COCCNC(=O)c1cnc(Nc2ccc(Cl)cc2C(F)(F)F)cn1. The van der Waals surface area contributed by atoms with Gasteiger partial charge in [0.1, 0.15) is 11.5 Å². The summed E-state index contributed by atoms with van der Waals surface area (Å²) < 4.78 is 44.0. The number of carbonyl (C=O) groups is 1. The van der Waals surface area contributed by atoms with Crippen LogP contribution in [-0.4, -0.2) is 36.1 Å². The molecule has 0 saturated carbocycles. The Morgan fingerprint density at radius 2 is 2.04 bits per heavy atom. The Hall–Kier alpha value is -2.39. The number of amides is 1. The fourth-order valence-electron chi connectivity index (χ4n) is 1.87. The average Bonchev–Trinajstić information content (AvgIpc) is 2.56. The lowest BCUT2D eigenvalue weighted by Gasteiger charge is -2.14. The number of hydrogen-bond donors (Lipinski definition) is 2. The summed E-state index contributed by atoms with van der Waals surface area (Å²) in [7, 11) is 1.50. The molecule has 2 aromatic rings. The van der Waals surface area contributed by atoms with Gasteiger partial charge in [-0.15, -0.1) is 0 Å². The van der Waals surface area contributed by atoms with Crippen LogP contribution in [0.5, 0.6) is 0 Å². The zero-order valence-electron chi connectivity index (χ0n) is 13.0. The number of anilines is 2. The molecule has 0 saturated heterocycles. The van der Waals surface area contributed by atoms with Crippen LogP contribution in [0, 0.1) is 0 Å². The van der Waals surface area contributed by atoms with E-state index < -0.39 is 17.6 Å². The lowest BCUT2D eigenvalue weighted by Crippen LogP contribution is -2.27. The molecular formula is C15H14ClF3N4O2. The second-order valence-corrected chi connectivity index (χ2v) is 5.28. The summed E-state index contributed by atoms with van der Waals surface area (Å²) >= 11 is 5.62. The third-order valence-corrected chi connectivity index (χ3v) is 3.26. The summed E-state index contributed by atoms with van der Waals surface area (Å²) in [5.74, 6) is -0.403. The molecule has 0 aliphatic heterocycles. The van der Waals surface area contributed by atoms with Crippen molar-refractivity contribution < 1.29 is 22.7 Å². The highest BCUT2D eigenvalue weighted by molar-refractivity contribution is 6.30. The van der Waals surface area contributed by atoms with Crippen molar-refractivity contribution in [2.45, 2.75) is 6.18 Å². The maximum absolute atomic E-state index is 13.1. The van der Waals surface area contributed by atoms with Crippen LogP contribution in [0.3, 0.4) is 0 Å². The summed E-state index contributed by atoms with van der Waals surface area (Å²) in [6.07, 6.45) is -2.25. The molecule has 134 valence electrons. The van der Waals surface area contributed by atoms with Gasteiger partial charge in [-0.05, 0) is 18.2 Å². The molecule has 0 aliphatic rings. The Bertz CT molecular complexity index is 739. The van der Waals surface area contributed by atoms with Gasteiger partial charge in [0.2, 0.25) is 0 Å². The number of aromatic nitrogens is 2. The lowest BCUT2D eigenvalue weighted by molar-refractivity contribution is -0.136. The molecule has 10 heteroatoms. The zero-order valence-corrected chi connectivity index (χ0v) is 13.8. The van der Waals surface area contributed by atoms with Crippen LogP contribution >= 0.6 is 11.6 Å². The minimum atomic E-state index is -4.58. The van der Waals surface area contributed by atoms with Gasteiger partial charge in [0.05, 0.1) is 30.3 Å². The number of methoxy groups -OCH3 is 1. The Balaban J connectivity index is 2.13. The number of hydrogen-bond acceptors (Lipinski definition) is 5. The van der Waals surface area contributed by atoms with Gasteiger partial charge in [-0.3, -0.25) is 4.79 Å². The second kappa shape index (κ2) is 8.13. The Labute approximate surface area is 146 Å². The van der Waals surface area contributed by atoms with E-state index in [0.717, 1.165) is 12.3 Å². The highest BCUT2D eigenvalue weighted by Gasteiger charge is 2.34. The molecule has 2 N–H and O–H groups in total. The normalized spacial score (nSPS) is 11.2. The Morgan fingerprint density at radius 3 is 2.64 bits per heavy atom. The third kappa shape index (κ3) is 5.30. The van der Waals surface area contributed by atoms with Crippen molar-refractivity contribution >= 4 is 29.0 Å². The number of benzene rings is 1. The highest BCUT2D eigenvalue weighted by Crippen LogP contribution is 2.37. The van der Waals surface area contributed by atoms with Crippen LogP contribution in [0.4, 0.5) is 24.7 Å². The van der Waals surface area contributed by atoms with Gasteiger partial charge in [0, 0.05) is 18.7 Å². The number of nitrogens with one attached hydrogen (secondary N) is 2. The molecule has 25 heavy (non-hydrogen) atoms. The molecule has 6 nitrogen and oxygen atoms in total. The first-order valence-electron chi connectivity index (χ1n) is 7.04. The lowest BCUT2D eigenvalue weighted by atomic mass is 10.1. The van der Waals surface area contributed by atoms with Crippen molar-refractivity contribution in [1.29, 1.82) is 0 Å². The molecule has 0 spiro atoms. The quantitative estimate of drug-likeness (QED) is 0.759. The molecule has 0 unspecified atom stereocenters. The van der Waals surface area contributed by atoms with Crippen molar-refractivity contribution in [3.05, 3.63) is 46.9 Å². The van der Waals surface area contributed by atoms with Gasteiger partial charge >= 0.3 is 6.18 Å². The molecular weight excluding hydrogens is 361 g/mol. The third-order valence-electron chi connectivity index (χ3n) is 3.03. The van der Waals surface area contributed by atoms with Crippen LogP contribution in [0.1, 0.15) is 16.1 Å². The Kier molecular flexibility index (Phi) is 6.16. The first-order valence-corrected chi connectivity index (χ1v) is 7.42. The number of carbonyl (C=O) groups excluding carboxylic acids is 1. The molecule has 1 heterocycles. The van der Waals surface area contributed by atoms with Crippen LogP contribution in [0.2, 0.25) is 5.02 Å². The Morgan fingerprint density at radius 1 is 1.28 bits per heavy atom. The monoisotopic (exact) mass is 374 g/mol. The van der Waals surface area contributed by atoms with E-state index in [9.17, 15) is 18.0 Å². The van der Waals surface area contributed by atoms with Crippen molar-refractivity contribution in [1.82, 2.24) is 15.3 Å². The van der Waals surface area contributed by atoms with E-state index in [2.05, 4.69) is 20.6 Å². The summed E-state index contributed by atoms with van der Waals surface area (Å²) in [5.41, 5.74) is -1.11. The van der Waals surface area contributed by atoms with Crippen molar-refractivity contribution in [2.24, 2.45) is 0 Å². The molecule has 1 aromatic carbocycles. The van der Waals surface area contributed by atoms with E-state index in [1.54, 1.807) is 0 Å². The van der Waals surface area contributed by atoms with Gasteiger partial charge in [-0.1, -0.05) is 11.6 Å². The minimum absolute atomic E-state index is 0.0352. The number of nitrogens with zero attached hydrogens (tertiary/aromatic N) is 2. The first-order chi connectivity index (χ1) is 11.8. The molecule has 1 aromatic heterocycles. The summed E-state index contributed by atoms with van der Waals surface area (Å²) in [6.45, 7) is 0.645. The van der Waals surface area contributed by atoms with E-state index in [4.69, 9.17) is 16.3 Å². The highest BCUT2D eigenvalue weighted by atomic mass is 35.5. The molecule has 0 radical (unpaired) electrons. The fraction of sp³-hybridized carbons (Fsp3) is 0.267. The summed E-state index contributed by atoms with van der Waals surface area (Å²) in [5, 5.41) is 5.04. The topological polar surface area (TPSA) is 76.1 Å². The zero-order chi connectivity index (χ0) is 18.4. The second-order valence-electron chi connectivity index (χ2n) is 4.85. The van der Waals surface area contributed by atoms with E-state index in [-0.39, 0.29) is 22.2 Å². The van der Waals surface area contributed by atoms with Crippen molar-refractivity contribution in [3.8, 4) is 0 Å². The van der Waals surface area contributed by atoms with Gasteiger partial charge < -0.3 is 15.4 Å². The van der Waals surface area contributed by atoms with E-state index >= 15 is 0 Å². The van der Waals surface area contributed by atoms with Crippen LogP contribution in [-0.2, 0) is 10.9 Å². The largest absolute Gasteiger partial charge is 0.418 e. The predicted molar refractivity (Wildman–Crippen MR) is 86.0 cm³/mol. The molecule has 0 bridgehead atoms. The first kappa shape index (κ1) is 18.9. The van der Waals surface area contributed by atoms with Crippen LogP contribution in [0.15, 0.2) is 30.6 Å². The molecule has 2 rings (SSSR count). The van der Waals surface area contributed by atoms with Gasteiger partial charge in [-0.2, -0.15) is 13.2 Å². The van der Waals surface area contributed by atoms with Crippen LogP contribution in [0.25, 0.3) is 0 Å². The summed E-state index contributed by atoms with van der Waals surface area (Å²) in [4.78, 5) is 19.5. The number of halogens is 4. The van der Waals surface area contributed by atoms with E-state index in [0.29, 0.717) is 13.2 Å². The number of ether oxygens (including phenoxy) is 1.